The molecule has 0 radical (unpaired) electrons. The molecule has 0 N–H and O–H groups in total. The average Bonchev–Trinajstić information content (AvgIpc) is 2.65. The van der Waals surface area contributed by atoms with Crippen LogP contribution in [0.1, 0.15) is 46.0 Å². The highest BCUT2D eigenvalue weighted by Crippen LogP contribution is 2.52. The van der Waals surface area contributed by atoms with E-state index in [4.69, 9.17) is 16.3 Å². The first-order chi connectivity index (χ1) is 8.02. The van der Waals surface area contributed by atoms with Crippen molar-refractivity contribution in [2.45, 2.75) is 52.7 Å². The summed E-state index contributed by atoms with van der Waals surface area (Å²) in [4.78, 5) is 0. The van der Waals surface area contributed by atoms with Gasteiger partial charge in [-0.15, -0.1) is 10.2 Å². The Morgan fingerprint density at radius 3 is 2.65 bits per heavy atom. The Hall–Kier alpha value is -0.610. The predicted octanol–water partition coefficient (Wildman–Crippen LogP) is 2.87. The molecule has 1 aliphatic carbocycles. The molecule has 2 atom stereocenters. The molecule has 1 aromatic heterocycles. The first-order valence-electron chi connectivity index (χ1n) is 6.23. The van der Waals surface area contributed by atoms with Gasteiger partial charge < -0.3 is 4.74 Å². The lowest BCUT2D eigenvalue weighted by molar-refractivity contribution is -0.128. The van der Waals surface area contributed by atoms with E-state index in [1.54, 1.807) is 0 Å². The molecule has 17 heavy (non-hydrogen) atoms. The summed E-state index contributed by atoms with van der Waals surface area (Å²) in [7, 11) is 0. The summed E-state index contributed by atoms with van der Waals surface area (Å²) in [5.74, 6) is 0.961. The molecule has 1 aliphatic rings. The quantitative estimate of drug-likeness (QED) is 0.833. The van der Waals surface area contributed by atoms with E-state index in [-0.39, 0.29) is 5.41 Å². The van der Waals surface area contributed by atoms with Crippen molar-refractivity contribution in [3.8, 4) is 0 Å². The number of aryl methyl sites for hydroxylation is 1. The van der Waals surface area contributed by atoms with Crippen molar-refractivity contribution in [1.29, 1.82) is 0 Å². The zero-order valence-electron chi connectivity index (χ0n) is 10.9. The van der Waals surface area contributed by atoms with Gasteiger partial charge in [-0.3, -0.25) is 4.57 Å². The van der Waals surface area contributed by atoms with Gasteiger partial charge in [0.25, 0.3) is 0 Å². The topological polar surface area (TPSA) is 39.9 Å². The monoisotopic (exact) mass is 257 g/mol. The Balaban J connectivity index is 2.22. The molecular formula is C12H20ClN3O. The molecular weight excluding hydrogens is 238 g/mol. The fourth-order valence-electron chi connectivity index (χ4n) is 2.64. The van der Waals surface area contributed by atoms with Gasteiger partial charge in [-0.2, -0.15) is 0 Å². The molecule has 0 bridgehead atoms. The summed E-state index contributed by atoms with van der Waals surface area (Å²) in [5.41, 5.74) is 0.0892. The normalized spacial score (nSPS) is 26.9. The van der Waals surface area contributed by atoms with Crippen LogP contribution in [0, 0.1) is 5.41 Å². The lowest BCUT2D eigenvalue weighted by atomic mass is 9.64. The van der Waals surface area contributed by atoms with E-state index in [2.05, 4.69) is 35.5 Å². The minimum atomic E-state index is 0.0892. The molecule has 0 aromatic carbocycles. The zero-order valence-corrected chi connectivity index (χ0v) is 11.7. The van der Waals surface area contributed by atoms with Gasteiger partial charge in [0, 0.05) is 24.5 Å². The van der Waals surface area contributed by atoms with Crippen LogP contribution < -0.4 is 0 Å². The SMILES string of the molecule is CCOC1CC(n2c(Cl)nnc2CC)C1(C)C. The summed E-state index contributed by atoms with van der Waals surface area (Å²) in [6.45, 7) is 9.31. The van der Waals surface area contributed by atoms with Crippen LogP contribution in [0.2, 0.25) is 5.28 Å². The highest BCUT2D eigenvalue weighted by atomic mass is 35.5. The molecule has 1 fully saturated rings. The van der Waals surface area contributed by atoms with Gasteiger partial charge >= 0.3 is 0 Å². The van der Waals surface area contributed by atoms with Crippen molar-refractivity contribution in [3.05, 3.63) is 11.1 Å². The Morgan fingerprint density at radius 2 is 2.12 bits per heavy atom. The van der Waals surface area contributed by atoms with Crippen LogP contribution >= 0.6 is 11.6 Å². The third-order valence-corrected chi connectivity index (χ3v) is 4.10. The number of aromatic nitrogens is 3. The van der Waals surface area contributed by atoms with Crippen LogP contribution in [0.4, 0.5) is 0 Å². The first kappa shape index (κ1) is 12.8. The van der Waals surface area contributed by atoms with Gasteiger partial charge in [-0.05, 0) is 24.9 Å². The maximum Gasteiger partial charge on any atom is 0.225 e. The van der Waals surface area contributed by atoms with Gasteiger partial charge in [-0.1, -0.05) is 20.8 Å². The predicted molar refractivity (Wildman–Crippen MR) is 67.3 cm³/mol. The van der Waals surface area contributed by atoms with E-state index in [0.29, 0.717) is 17.4 Å². The summed E-state index contributed by atoms with van der Waals surface area (Å²) >= 11 is 6.13. The first-order valence-corrected chi connectivity index (χ1v) is 6.61. The number of ether oxygens (including phenoxy) is 1. The molecule has 0 amide bonds. The minimum Gasteiger partial charge on any atom is -0.378 e. The van der Waals surface area contributed by atoms with E-state index in [0.717, 1.165) is 25.3 Å². The van der Waals surface area contributed by atoms with Crippen LogP contribution in [-0.2, 0) is 11.2 Å². The van der Waals surface area contributed by atoms with Crippen LogP contribution in [0.3, 0.4) is 0 Å². The van der Waals surface area contributed by atoms with Gasteiger partial charge in [0.15, 0.2) is 0 Å². The van der Waals surface area contributed by atoms with Crippen molar-refractivity contribution >= 4 is 11.6 Å². The van der Waals surface area contributed by atoms with Crippen molar-refractivity contribution < 1.29 is 4.74 Å². The van der Waals surface area contributed by atoms with Gasteiger partial charge in [-0.25, -0.2) is 0 Å². The summed E-state index contributed by atoms with van der Waals surface area (Å²) in [6.07, 6.45) is 2.15. The largest absolute Gasteiger partial charge is 0.378 e. The molecule has 1 heterocycles. The Bertz CT molecular complexity index is 402. The summed E-state index contributed by atoms with van der Waals surface area (Å²) < 4.78 is 7.80. The summed E-state index contributed by atoms with van der Waals surface area (Å²) in [5, 5.41) is 8.57. The van der Waals surface area contributed by atoms with E-state index < -0.39 is 0 Å². The number of hydrogen-bond acceptors (Lipinski definition) is 3. The molecule has 2 rings (SSSR count). The number of nitrogens with zero attached hydrogens (tertiary/aromatic N) is 3. The lowest BCUT2D eigenvalue weighted by Gasteiger charge is -2.52. The molecule has 5 heteroatoms. The highest BCUT2D eigenvalue weighted by Gasteiger charge is 2.51. The van der Waals surface area contributed by atoms with Crippen molar-refractivity contribution in [2.24, 2.45) is 5.41 Å². The van der Waals surface area contributed by atoms with Gasteiger partial charge in [0.2, 0.25) is 5.28 Å². The second kappa shape index (κ2) is 4.58. The molecule has 0 spiro atoms. The second-order valence-electron chi connectivity index (χ2n) is 5.13. The Labute approximate surface area is 107 Å². The molecule has 0 aliphatic heterocycles. The molecule has 4 nitrogen and oxygen atoms in total. The molecule has 0 saturated heterocycles. The van der Waals surface area contributed by atoms with Crippen LogP contribution in [0.25, 0.3) is 0 Å². The third kappa shape index (κ3) is 1.97. The summed E-state index contributed by atoms with van der Waals surface area (Å²) in [6, 6.07) is 0.344. The second-order valence-corrected chi connectivity index (χ2v) is 5.46. The molecule has 1 saturated carbocycles. The molecule has 96 valence electrons. The average molecular weight is 258 g/mol. The molecule has 1 aromatic rings. The number of hydrogen-bond donors (Lipinski definition) is 0. The van der Waals surface area contributed by atoms with E-state index in [1.807, 2.05) is 6.92 Å². The fraction of sp³-hybridized carbons (Fsp3) is 0.833. The smallest absolute Gasteiger partial charge is 0.225 e. The van der Waals surface area contributed by atoms with Crippen molar-refractivity contribution in [3.63, 3.8) is 0 Å². The van der Waals surface area contributed by atoms with Gasteiger partial charge in [0.05, 0.1) is 6.10 Å². The van der Waals surface area contributed by atoms with Crippen molar-refractivity contribution in [2.75, 3.05) is 6.61 Å². The maximum absolute atomic E-state index is 6.13. The number of rotatable bonds is 4. The minimum absolute atomic E-state index is 0.0892. The van der Waals surface area contributed by atoms with Crippen LogP contribution in [0.5, 0.6) is 0 Å². The fourth-order valence-corrected chi connectivity index (χ4v) is 2.89. The van der Waals surface area contributed by atoms with E-state index in [1.165, 1.54) is 0 Å². The highest BCUT2D eigenvalue weighted by molar-refractivity contribution is 6.28. The third-order valence-electron chi connectivity index (χ3n) is 3.85. The lowest BCUT2D eigenvalue weighted by Crippen LogP contribution is -2.51. The zero-order chi connectivity index (χ0) is 12.6. The van der Waals surface area contributed by atoms with Crippen LogP contribution in [0.15, 0.2) is 0 Å². The number of halogens is 1. The molecule has 2 unspecified atom stereocenters. The van der Waals surface area contributed by atoms with E-state index in [9.17, 15) is 0 Å². The van der Waals surface area contributed by atoms with Gasteiger partial charge in [0.1, 0.15) is 5.82 Å². The van der Waals surface area contributed by atoms with E-state index >= 15 is 0 Å². The Morgan fingerprint density at radius 1 is 1.41 bits per heavy atom. The standard InChI is InChI=1S/C12H20ClN3O/c1-5-10-14-15-11(13)16(10)8-7-9(17-6-2)12(8,3)4/h8-9H,5-7H2,1-4H3. The maximum atomic E-state index is 6.13. The van der Waals surface area contributed by atoms with Crippen LogP contribution in [-0.4, -0.2) is 27.5 Å². The Kier molecular flexibility index (Phi) is 3.46. The van der Waals surface area contributed by atoms with Crippen molar-refractivity contribution in [1.82, 2.24) is 14.8 Å².